The second kappa shape index (κ2) is 7.08. The van der Waals surface area contributed by atoms with Gasteiger partial charge in [-0.3, -0.25) is 4.79 Å². The number of nitrogens with zero attached hydrogens (tertiary/aromatic N) is 2. The quantitative estimate of drug-likeness (QED) is 0.491. The van der Waals surface area contributed by atoms with E-state index < -0.39 is 11.9 Å². The van der Waals surface area contributed by atoms with Crippen LogP contribution in [0.25, 0.3) is 11.6 Å². The number of ether oxygens (including phenoxy) is 1. The highest BCUT2D eigenvalue weighted by Crippen LogP contribution is 2.27. The second-order valence-corrected chi connectivity index (χ2v) is 5.23. The van der Waals surface area contributed by atoms with Crippen LogP contribution < -0.4 is 5.73 Å². The van der Waals surface area contributed by atoms with E-state index in [0.29, 0.717) is 22.3 Å². The summed E-state index contributed by atoms with van der Waals surface area (Å²) in [5.41, 5.74) is 5.85. The Bertz CT molecular complexity index is 686. The standard InChI is InChI=1S/C14H15N3O4S/c1-3-20-14(19)11-8(2)16-12(9-5-4-6-21-9)17-13(11)22-7-10(15)18/h4-6H,3,7H2,1-2H3,(H2,15,18). The van der Waals surface area contributed by atoms with E-state index in [1.165, 1.54) is 6.26 Å². The number of hydrogen-bond acceptors (Lipinski definition) is 7. The van der Waals surface area contributed by atoms with Crippen LogP contribution in [0.3, 0.4) is 0 Å². The van der Waals surface area contributed by atoms with Crippen molar-refractivity contribution >= 4 is 23.6 Å². The molecule has 0 radical (unpaired) electrons. The van der Waals surface area contributed by atoms with Crippen molar-refractivity contribution < 1.29 is 18.7 Å². The Morgan fingerprint density at radius 3 is 2.77 bits per heavy atom. The largest absolute Gasteiger partial charge is 0.462 e. The molecule has 0 aromatic carbocycles. The number of esters is 1. The first-order valence-corrected chi connectivity index (χ1v) is 7.52. The van der Waals surface area contributed by atoms with Gasteiger partial charge in [0.25, 0.3) is 0 Å². The van der Waals surface area contributed by atoms with E-state index in [-0.39, 0.29) is 17.9 Å². The van der Waals surface area contributed by atoms with Gasteiger partial charge in [-0.2, -0.15) is 0 Å². The van der Waals surface area contributed by atoms with Gasteiger partial charge in [0.05, 0.1) is 24.3 Å². The van der Waals surface area contributed by atoms with Crippen molar-refractivity contribution in [2.75, 3.05) is 12.4 Å². The van der Waals surface area contributed by atoms with Crippen molar-refractivity contribution in [1.29, 1.82) is 0 Å². The summed E-state index contributed by atoms with van der Waals surface area (Å²) in [6.45, 7) is 3.62. The second-order valence-electron chi connectivity index (χ2n) is 4.27. The fraction of sp³-hybridized carbons (Fsp3) is 0.286. The smallest absolute Gasteiger partial charge is 0.342 e. The average molecular weight is 321 g/mol. The lowest BCUT2D eigenvalue weighted by Gasteiger charge is -2.11. The van der Waals surface area contributed by atoms with E-state index in [9.17, 15) is 9.59 Å². The Morgan fingerprint density at radius 2 is 2.18 bits per heavy atom. The van der Waals surface area contributed by atoms with E-state index >= 15 is 0 Å². The third-order valence-electron chi connectivity index (χ3n) is 2.63. The monoisotopic (exact) mass is 321 g/mol. The molecule has 0 saturated carbocycles. The van der Waals surface area contributed by atoms with E-state index in [1.54, 1.807) is 26.0 Å². The first kappa shape index (κ1) is 16.0. The minimum atomic E-state index is -0.530. The molecule has 8 heteroatoms. The summed E-state index contributed by atoms with van der Waals surface area (Å²) < 4.78 is 10.3. The van der Waals surface area contributed by atoms with Crippen LogP contribution >= 0.6 is 11.8 Å². The molecule has 2 heterocycles. The summed E-state index contributed by atoms with van der Waals surface area (Å²) >= 11 is 1.07. The van der Waals surface area contributed by atoms with Gasteiger partial charge in [0.15, 0.2) is 11.6 Å². The Balaban J connectivity index is 2.47. The maximum Gasteiger partial charge on any atom is 0.342 e. The molecule has 2 aromatic rings. The lowest BCUT2D eigenvalue weighted by molar-refractivity contribution is -0.115. The molecule has 7 nitrogen and oxygen atoms in total. The molecular weight excluding hydrogens is 306 g/mol. The first-order valence-electron chi connectivity index (χ1n) is 6.53. The molecule has 0 aliphatic heterocycles. The zero-order valence-electron chi connectivity index (χ0n) is 12.2. The van der Waals surface area contributed by atoms with Gasteiger partial charge in [-0.1, -0.05) is 11.8 Å². The van der Waals surface area contributed by atoms with Crippen LogP contribution in [0.15, 0.2) is 27.8 Å². The van der Waals surface area contributed by atoms with E-state index in [2.05, 4.69) is 9.97 Å². The number of rotatable bonds is 6. The summed E-state index contributed by atoms with van der Waals surface area (Å²) in [5, 5.41) is 0.344. The number of aromatic nitrogens is 2. The van der Waals surface area contributed by atoms with Crippen LogP contribution in [0.4, 0.5) is 0 Å². The maximum atomic E-state index is 12.1. The molecule has 2 aromatic heterocycles. The molecule has 2 N–H and O–H groups in total. The van der Waals surface area contributed by atoms with Crippen molar-refractivity contribution in [2.24, 2.45) is 5.73 Å². The molecule has 0 aliphatic rings. The molecule has 0 fully saturated rings. The van der Waals surface area contributed by atoms with Crippen LogP contribution in [0, 0.1) is 6.92 Å². The zero-order chi connectivity index (χ0) is 16.1. The summed E-state index contributed by atoms with van der Waals surface area (Å²) in [6, 6.07) is 3.42. The molecule has 0 unspecified atom stereocenters. The number of furan rings is 1. The number of hydrogen-bond donors (Lipinski definition) is 1. The van der Waals surface area contributed by atoms with Gasteiger partial charge >= 0.3 is 5.97 Å². The molecule has 2 rings (SSSR count). The number of aryl methyl sites for hydroxylation is 1. The molecule has 0 aliphatic carbocycles. The molecule has 0 saturated heterocycles. The van der Waals surface area contributed by atoms with Crippen LogP contribution in [0.5, 0.6) is 0 Å². The highest BCUT2D eigenvalue weighted by molar-refractivity contribution is 8.00. The molecule has 116 valence electrons. The van der Waals surface area contributed by atoms with E-state index in [4.69, 9.17) is 14.9 Å². The molecule has 1 amide bonds. The van der Waals surface area contributed by atoms with E-state index in [1.807, 2.05) is 0 Å². The summed E-state index contributed by atoms with van der Waals surface area (Å²) in [6.07, 6.45) is 1.50. The fourth-order valence-corrected chi connectivity index (χ4v) is 2.55. The van der Waals surface area contributed by atoms with Gasteiger partial charge < -0.3 is 14.9 Å². The number of carbonyl (C=O) groups is 2. The Labute approximate surface area is 131 Å². The van der Waals surface area contributed by atoms with Gasteiger partial charge in [-0.15, -0.1) is 0 Å². The first-order chi connectivity index (χ1) is 10.5. The molecule has 0 atom stereocenters. The van der Waals surface area contributed by atoms with Gasteiger partial charge in [-0.25, -0.2) is 14.8 Å². The van der Waals surface area contributed by atoms with Crippen LogP contribution in [-0.4, -0.2) is 34.2 Å². The number of nitrogens with two attached hydrogens (primary N) is 1. The molecule has 22 heavy (non-hydrogen) atoms. The average Bonchev–Trinajstić information content (AvgIpc) is 2.98. The van der Waals surface area contributed by atoms with Crippen LogP contribution in [0.1, 0.15) is 23.0 Å². The lowest BCUT2D eigenvalue weighted by atomic mass is 10.2. The summed E-state index contributed by atoms with van der Waals surface area (Å²) in [4.78, 5) is 31.6. The van der Waals surface area contributed by atoms with Crippen LogP contribution in [-0.2, 0) is 9.53 Å². The summed E-state index contributed by atoms with van der Waals surface area (Å²) in [7, 11) is 0. The summed E-state index contributed by atoms with van der Waals surface area (Å²) in [5.74, 6) is -0.226. The van der Waals surface area contributed by atoms with Crippen molar-refractivity contribution in [3.8, 4) is 11.6 Å². The van der Waals surface area contributed by atoms with Gasteiger partial charge in [0, 0.05) is 0 Å². The van der Waals surface area contributed by atoms with Crippen molar-refractivity contribution in [3.63, 3.8) is 0 Å². The lowest BCUT2D eigenvalue weighted by Crippen LogP contribution is -2.16. The third kappa shape index (κ3) is 3.64. The van der Waals surface area contributed by atoms with Gasteiger partial charge in [0.1, 0.15) is 10.6 Å². The van der Waals surface area contributed by atoms with Crippen molar-refractivity contribution in [1.82, 2.24) is 9.97 Å². The Kier molecular flexibility index (Phi) is 5.16. The Hall–Kier alpha value is -2.35. The minimum absolute atomic E-state index is 0.000449. The van der Waals surface area contributed by atoms with E-state index in [0.717, 1.165) is 11.8 Å². The fourth-order valence-electron chi connectivity index (χ4n) is 1.74. The highest BCUT2D eigenvalue weighted by atomic mass is 32.2. The van der Waals surface area contributed by atoms with Crippen LogP contribution in [0.2, 0.25) is 0 Å². The zero-order valence-corrected chi connectivity index (χ0v) is 13.0. The normalized spacial score (nSPS) is 10.5. The third-order valence-corrected chi connectivity index (χ3v) is 3.63. The Morgan fingerprint density at radius 1 is 1.41 bits per heavy atom. The number of amides is 1. The van der Waals surface area contributed by atoms with Gasteiger partial charge in [0.2, 0.25) is 5.91 Å². The molecule has 0 bridgehead atoms. The van der Waals surface area contributed by atoms with Gasteiger partial charge in [-0.05, 0) is 26.0 Å². The number of carbonyl (C=O) groups excluding carboxylic acids is 2. The highest BCUT2D eigenvalue weighted by Gasteiger charge is 2.21. The predicted molar refractivity (Wildman–Crippen MR) is 80.3 cm³/mol. The molecular formula is C14H15N3O4S. The topological polar surface area (TPSA) is 108 Å². The van der Waals surface area contributed by atoms with Crippen molar-refractivity contribution in [3.05, 3.63) is 29.7 Å². The number of thioether (sulfide) groups is 1. The van der Waals surface area contributed by atoms with Crippen molar-refractivity contribution in [2.45, 2.75) is 18.9 Å². The minimum Gasteiger partial charge on any atom is -0.462 e. The predicted octanol–water partition coefficient (Wildman–Crippen LogP) is 1.80. The number of primary amides is 1. The maximum absolute atomic E-state index is 12.1. The molecule has 0 spiro atoms. The SMILES string of the molecule is CCOC(=O)c1c(C)nc(-c2ccco2)nc1SCC(N)=O.